The number of carbonyl (C=O) groups excluding carboxylic acids is 1. The van der Waals surface area contributed by atoms with E-state index in [0.717, 1.165) is 5.69 Å². The zero-order valence-electron chi connectivity index (χ0n) is 8.10. The first-order valence-electron chi connectivity index (χ1n) is 4.68. The van der Waals surface area contributed by atoms with Gasteiger partial charge in [-0.3, -0.25) is 4.79 Å². The Morgan fingerprint density at radius 2 is 2.13 bits per heavy atom. The minimum atomic E-state index is -0.0730. The lowest BCUT2D eigenvalue weighted by molar-refractivity contribution is -0.115. The van der Waals surface area contributed by atoms with Gasteiger partial charge in [-0.1, -0.05) is 18.2 Å². The van der Waals surface area contributed by atoms with Gasteiger partial charge in [0.05, 0.1) is 6.42 Å². The maximum absolute atomic E-state index is 11.5. The van der Waals surface area contributed by atoms with Crippen LogP contribution < -0.4 is 5.32 Å². The van der Waals surface area contributed by atoms with Crippen molar-refractivity contribution in [2.24, 2.45) is 0 Å². The lowest BCUT2D eigenvalue weighted by Gasteiger charge is -2.02. The van der Waals surface area contributed by atoms with Gasteiger partial charge < -0.3 is 10.3 Å². The molecule has 4 heteroatoms. The van der Waals surface area contributed by atoms with E-state index in [1.165, 1.54) is 0 Å². The van der Waals surface area contributed by atoms with Crippen molar-refractivity contribution in [3.63, 3.8) is 0 Å². The largest absolute Gasteiger partial charge is 0.348 e. The number of rotatable bonds is 3. The van der Waals surface area contributed by atoms with Crippen molar-refractivity contribution in [3.8, 4) is 0 Å². The molecule has 2 rings (SSSR count). The molecular formula is C11H11N3O. The van der Waals surface area contributed by atoms with Crippen LogP contribution in [0.25, 0.3) is 0 Å². The van der Waals surface area contributed by atoms with Crippen molar-refractivity contribution in [1.29, 1.82) is 0 Å². The van der Waals surface area contributed by atoms with E-state index < -0.39 is 0 Å². The molecule has 0 saturated carbocycles. The van der Waals surface area contributed by atoms with Crippen LogP contribution in [0.4, 0.5) is 5.69 Å². The predicted molar refractivity (Wildman–Crippen MR) is 57.4 cm³/mol. The van der Waals surface area contributed by atoms with Crippen molar-refractivity contribution in [2.45, 2.75) is 6.42 Å². The number of imidazole rings is 1. The Morgan fingerprint density at radius 3 is 2.80 bits per heavy atom. The number of nitrogens with zero attached hydrogens (tertiary/aromatic N) is 1. The molecule has 0 spiro atoms. The zero-order chi connectivity index (χ0) is 10.5. The highest BCUT2D eigenvalue weighted by atomic mass is 16.1. The van der Waals surface area contributed by atoms with Crippen LogP contribution in [-0.2, 0) is 11.2 Å². The van der Waals surface area contributed by atoms with Crippen LogP contribution in [0.5, 0.6) is 0 Å². The maximum atomic E-state index is 11.5. The molecule has 15 heavy (non-hydrogen) atoms. The number of hydrogen-bond donors (Lipinski definition) is 2. The molecule has 0 bridgehead atoms. The molecule has 0 radical (unpaired) electrons. The lowest BCUT2D eigenvalue weighted by atomic mass is 10.3. The first-order chi connectivity index (χ1) is 7.34. The fourth-order valence-corrected chi connectivity index (χ4v) is 1.27. The smallest absolute Gasteiger partial charge is 0.231 e. The topological polar surface area (TPSA) is 57.8 Å². The van der Waals surface area contributed by atoms with E-state index in [-0.39, 0.29) is 12.3 Å². The summed E-state index contributed by atoms with van der Waals surface area (Å²) >= 11 is 0. The van der Waals surface area contributed by atoms with Gasteiger partial charge in [0, 0.05) is 18.1 Å². The number of aromatic nitrogens is 2. The van der Waals surface area contributed by atoms with E-state index in [2.05, 4.69) is 15.3 Å². The van der Waals surface area contributed by atoms with E-state index in [9.17, 15) is 4.79 Å². The first kappa shape index (κ1) is 9.45. The monoisotopic (exact) mass is 201 g/mol. The third-order valence-electron chi connectivity index (χ3n) is 1.94. The molecular weight excluding hydrogens is 190 g/mol. The van der Waals surface area contributed by atoms with Gasteiger partial charge in [0.1, 0.15) is 5.82 Å². The van der Waals surface area contributed by atoms with Crippen molar-refractivity contribution in [1.82, 2.24) is 9.97 Å². The highest BCUT2D eigenvalue weighted by molar-refractivity contribution is 5.91. The third-order valence-corrected chi connectivity index (χ3v) is 1.94. The van der Waals surface area contributed by atoms with Gasteiger partial charge >= 0.3 is 0 Å². The van der Waals surface area contributed by atoms with E-state index in [0.29, 0.717) is 5.82 Å². The molecule has 76 valence electrons. The van der Waals surface area contributed by atoms with Crippen LogP contribution in [0.15, 0.2) is 42.7 Å². The molecule has 0 saturated heterocycles. The summed E-state index contributed by atoms with van der Waals surface area (Å²) in [6.07, 6.45) is 3.60. The third kappa shape index (κ3) is 2.67. The summed E-state index contributed by atoms with van der Waals surface area (Å²) in [5.74, 6) is 0.597. The van der Waals surface area contributed by atoms with Gasteiger partial charge in [-0.25, -0.2) is 4.98 Å². The van der Waals surface area contributed by atoms with Crippen LogP contribution >= 0.6 is 0 Å². The van der Waals surface area contributed by atoms with Gasteiger partial charge in [0.2, 0.25) is 5.91 Å². The minimum Gasteiger partial charge on any atom is -0.348 e. The molecule has 0 atom stereocenters. The van der Waals surface area contributed by atoms with Crippen LogP contribution in [0.1, 0.15) is 5.82 Å². The Kier molecular flexibility index (Phi) is 2.78. The van der Waals surface area contributed by atoms with Gasteiger partial charge in [-0.15, -0.1) is 0 Å². The Morgan fingerprint density at radius 1 is 1.33 bits per heavy atom. The Balaban J connectivity index is 1.94. The second-order valence-electron chi connectivity index (χ2n) is 3.13. The quantitative estimate of drug-likeness (QED) is 0.792. The number of para-hydroxylation sites is 1. The fourth-order valence-electron chi connectivity index (χ4n) is 1.27. The van der Waals surface area contributed by atoms with Gasteiger partial charge in [-0.2, -0.15) is 0 Å². The molecule has 4 nitrogen and oxygen atoms in total. The first-order valence-corrected chi connectivity index (χ1v) is 4.68. The second-order valence-corrected chi connectivity index (χ2v) is 3.13. The lowest BCUT2D eigenvalue weighted by Crippen LogP contribution is -2.14. The average Bonchev–Trinajstić information content (AvgIpc) is 2.71. The highest BCUT2D eigenvalue weighted by Gasteiger charge is 2.04. The highest BCUT2D eigenvalue weighted by Crippen LogP contribution is 2.05. The molecule has 0 aliphatic rings. The van der Waals surface area contributed by atoms with Gasteiger partial charge in [0.25, 0.3) is 0 Å². The zero-order valence-corrected chi connectivity index (χ0v) is 8.10. The summed E-state index contributed by atoms with van der Waals surface area (Å²) < 4.78 is 0. The predicted octanol–water partition coefficient (Wildman–Crippen LogP) is 1.59. The maximum Gasteiger partial charge on any atom is 0.231 e. The van der Waals surface area contributed by atoms with E-state index in [4.69, 9.17) is 0 Å². The number of benzene rings is 1. The van der Waals surface area contributed by atoms with Gasteiger partial charge in [0.15, 0.2) is 0 Å². The van der Waals surface area contributed by atoms with E-state index in [1.54, 1.807) is 12.4 Å². The molecule has 2 aromatic rings. The van der Waals surface area contributed by atoms with Crippen molar-refractivity contribution >= 4 is 11.6 Å². The molecule has 1 amide bonds. The van der Waals surface area contributed by atoms with E-state index >= 15 is 0 Å². The SMILES string of the molecule is O=C(Cc1ncc[nH]1)Nc1ccccc1. The molecule has 1 heterocycles. The number of H-pyrrole nitrogens is 1. The number of nitrogens with one attached hydrogen (secondary N) is 2. The molecule has 1 aromatic heterocycles. The average molecular weight is 201 g/mol. The summed E-state index contributed by atoms with van der Waals surface area (Å²) in [6, 6.07) is 9.35. The summed E-state index contributed by atoms with van der Waals surface area (Å²) in [5.41, 5.74) is 0.800. The van der Waals surface area contributed by atoms with Gasteiger partial charge in [-0.05, 0) is 12.1 Å². The normalized spacial score (nSPS) is 9.87. The molecule has 0 aliphatic carbocycles. The minimum absolute atomic E-state index is 0.0730. The Labute approximate surface area is 87.4 Å². The number of aromatic amines is 1. The Hall–Kier alpha value is -2.10. The summed E-state index contributed by atoms with van der Waals surface area (Å²) in [7, 11) is 0. The number of anilines is 1. The number of hydrogen-bond acceptors (Lipinski definition) is 2. The van der Waals surface area contributed by atoms with Crippen LogP contribution in [0.3, 0.4) is 0 Å². The van der Waals surface area contributed by atoms with E-state index in [1.807, 2.05) is 30.3 Å². The molecule has 2 N–H and O–H groups in total. The van der Waals surface area contributed by atoms with Crippen LogP contribution in [0, 0.1) is 0 Å². The molecule has 0 fully saturated rings. The molecule has 0 unspecified atom stereocenters. The fraction of sp³-hybridized carbons (Fsp3) is 0.0909. The van der Waals surface area contributed by atoms with Crippen LogP contribution in [-0.4, -0.2) is 15.9 Å². The van der Waals surface area contributed by atoms with Crippen molar-refractivity contribution < 1.29 is 4.79 Å². The van der Waals surface area contributed by atoms with Crippen molar-refractivity contribution in [2.75, 3.05) is 5.32 Å². The summed E-state index contributed by atoms with van der Waals surface area (Å²) in [4.78, 5) is 18.4. The number of carbonyl (C=O) groups is 1. The van der Waals surface area contributed by atoms with Crippen LogP contribution in [0.2, 0.25) is 0 Å². The van der Waals surface area contributed by atoms with Crippen molar-refractivity contribution in [3.05, 3.63) is 48.5 Å². The number of amides is 1. The Bertz CT molecular complexity index is 422. The molecule has 0 aliphatic heterocycles. The summed E-state index contributed by atoms with van der Waals surface area (Å²) in [5, 5.41) is 2.78. The molecule has 1 aromatic carbocycles. The standard InChI is InChI=1S/C11H11N3O/c15-11(8-10-12-6-7-13-10)14-9-4-2-1-3-5-9/h1-7H,8H2,(H,12,13)(H,14,15). The summed E-state index contributed by atoms with van der Waals surface area (Å²) in [6.45, 7) is 0. The second kappa shape index (κ2) is 4.41.